The summed E-state index contributed by atoms with van der Waals surface area (Å²) < 4.78 is 0. The van der Waals surface area contributed by atoms with E-state index in [1.165, 1.54) is 11.1 Å². The van der Waals surface area contributed by atoms with Gasteiger partial charge in [0, 0.05) is 19.2 Å². The SMILES string of the molecule is CC1=C(CC(=O)N(C)c2ccccc2)CCC1(C)C. The van der Waals surface area contributed by atoms with Crippen molar-refractivity contribution in [1.29, 1.82) is 0 Å². The van der Waals surface area contributed by atoms with Gasteiger partial charge in [0.05, 0.1) is 0 Å². The molecule has 2 nitrogen and oxygen atoms in total. The molecule has 102 valence electrons. The molecule has 0 fully saturated rings. The first-order valence-electron chi connectivity index (χ1n) is 6.92. The number of benzene rings is 1. The van der Waals surface area contributed by atoms with Gasteiger partial charge in [-0.05, 0) is 37.3 Å². The number of anilines is 1. The second-order valence-corrected chi connectivity index (χ2v) is 6.08. The zero-order chi connectivity index (χ0) is 14.0. The molecule has 0 unspecified atom stereocenters. The molecule has 0 saturated heterocycles. The smallest absolute Gasteiger partial charge is 0.230 e. The van der Waals surface area contributed by atoms with Crippen molar-refractivity contribution in [1.82, 2.24) is 0 Å². The van der Waals surface area contributed by atoms with Crippen LogP contribution in [-0.2, 0) is 4.79 Å². The van der Waals surface area contributed by atoms with E-state index >= 15 is 0 Å². The van der Waals surface area contributed by atoms with Gasteiger partial charge in [0.25, 0.3) is 0 Å². The molecule has 1 aromatic carbocycles. The fourth-order valence-electron chi connectivity index (χ4n) is 2.63. The summed E-state index contributed by atoms with van der Waals surface area (Å²) in [5.41, 5.74) is 3.96. The Labute approximate surface area is 116 Å². The number of hydrogen-bond acceptors (Lipinski definition) is 1. The molecule has 2 rings (SSSR count). The minimum absolute atomic E-state index is 0.179. The highest BCUT2D eigenvalue weighted by atomic mass is 16.2. The summed E-state index contributed by atoms with van der Waals surface area (Å²) >= 11 is 0. The van der Waals surface area contributed by atoms with E-state index in [0.29, 0.717) is 6.42 Å². The van der Waals surface area contributed by atoms with Crippen LogP contribution in [0.5, 0.6) is 0 Å². The maximum Gasteiger partial charge on any atom is 0.230 e. The summed E-state index contributed by atoms with van der Waals surface area (Å²) in [4.78, 5) is 14.1. The van der Waals surface area contributed by atoms with Crippen LogP contribution >= 0.6 is 0 Å². The topological polar surface area (TPSA) is 20.3 Å². The van der Waals surface area contributed by atoms with Crippen molar-refractivity contribution in [3.05, 3.63) is 41.5 Å². The van der Waals surface area contributed by atoms with Crippen LogP contribution in [0.3, 0.4) is 0 Å². The lowest BCUT2D eigenvalue weighted by atomic mass is 9.86. The number of amides is 1. The monoisotopic (exact) mass is 257 g/mol. The number of nitrogens with zero attached hydrogens (tertiary/aromatic N) is 1. The maximum absolute atomic E-state index is 12.3. The highest BCUT2D eigenvalue weighted by Gasteiger charge is 2.30. The Hall–Kier alpha value is -1.57. The number of carbonyl (C=O) groups excluding carboxylic acids is 1. The van der Waals surface area contributed by atoms with Gasteiger partial charge < -0.3 is 4.90 Å². The Morgan fingerprint density at radius 3 is 2.42 bits per heavy atom. The zero-order valence-corrected chi connectivity index (χ0v) is 12.4. The lowest BCUT2D eigenvalue weighted by Crippen LogP contribution is -2.26. The first-order chi connectivity index (χ1) is 8.92. The summed E-state index contributed by atoms with van der Waals surface area (Å²) in [6.07, 6.45) is 2.78. The fourth-order valence-corrected chi connectivity index (χ4v) is 2.63. The Morgan fingerprint density at radius 2 is 1.89 bits per heavy atom. The van der Waals surface area contributed by atoms with Crippen LogP contribution < -0.4 is 4.90 Å². The molecule has 0 aliphatic heterocycles. The Bertz CT molecular complexity index is 499. The van der Waals surface area contributed by atoms with E-state index in [-0.39, 0.29) is 11.3 Å². The third-order valence-corrected chi connectivity index (χ3v) is 4.48. The lowest BCUT2D eigenvalue weighted by molar-refractivity contribution is -0.117. The van der Waals surface area contributed by atoms with Gasteiger partial charge in [-0.25, -0.2) is 0 Å². The van der Waals surface area contributed by atoms with Crippen molar-refractivity contribution in [3.63, 3.8) is 0 Å². The Kier molecular flexibility index (Phi) is 3.79. The van der Waals surface area contributed by atoms with Crippen LogP contribution in [0.1, 0.15) is 40.0 Å². The molecule has 1 aliphatic rings. The lowest BCUT2D eigenvalue weighted by Gasteiger charge is -2.20. The summed E-state index contributed by atoms with van der Waals surface area (Å²) in [6, 6.07) is 9.83. The third-order valence-electron chi connectivity index (χ3n) is 4.48. The van der Waals surface area contributed by atoms with Crippen LogP contribution in [0, 0.1) is 5.41 Å². The Balaban J connectivity index is 2.09. The normalized spacial score (nSPS) is 17.7. The molecule has 0 heterocycles. The van der Waals surface area contributed by atoms with E-state index in [0.717, 1.165) is 18.5 Å². The van der Waals surface area contributed by atoms with Crippen LogP contribution in [0.25, 0.3) is 0 Å². The first kappa shape index (κ1) is 13.9. The quantitative estimate of drug-likeness (QED) is 0.744. The molecular weight excluding hydrogens is 234 g/mol. The van der Waals surface area contributed by atoms with Crippen molar-refractivity contribution >= 4 is 11.6 Å². The number of carbonyl (C=O) groups is 1. The zero-order valence-electron chi connectivity index (χ0n) is 12.4. The Morgan fingerprint density at radius 1 is 1.26 bits per heavy atom. The van der Waals surface area contributed by atoms with Gasteiger partial charge in [-0.15, -0.1) is 0 Å². The molecule has 1 amide bonds. The summed E-state index contributed by atoms with van der Waals surface area (Å²) in [5.74, 6) is 0.179. The van der Waals surface area contributed by atoms with Gasteiger partial charge in [0.15, 0.2) is 0 Å². The predicted molar refractivity (Wildman–Crippen MR) is 80.2 cm³/mol. The molecule has 0 N–H and O–H groups in total. The minimum Gasteiger partial charge on any atom is -0.315 e. The van der Waals surface area contributed by atoms with Gasteiger partial charge in [-0.3, -0.25) is 4.79 Å². The number of rotatable bonds is 3. The molecule has 0 saturated carbocycles. The molecule has 0 atom stereocenters. The first-order valence-corrected chi connectivity index (χ1v) is 6.92. The van der Waals surface area contributed by atoms with Gasteiger partial charge in [-0.1, -0.05) is 43.2 Å². The molecular formula is C17H23NO. The van der Waals surface area contributed by atoms with E-state index in [4.69, 9.17) is 0 Å². The highest BCUT2D eigenvalue weighted by Crippen LogP contribution is 2.43. The van der Waals surface area contributed by atoms with Gasteiger partial charge >= 0.3 is 0 Å². The van der Waals surface area contributed by atoms with Crippen molar-refractivity contribution in [3.8, 4) is 0 Å². The fraction of sp³-hybridized carbons (Fsp3) is 0.471. The second-order valence-electron chi connectivity index (χ2n) is 6.08. The van der Waals surface area contributed by atoms with Gasteiger partial charge in [0.1, 0.15) is 0 Å². The van der Waals surface area contributed by atoms with E-state index in [1.807, 2.05) is 37.4 Å². The molecule has 1 aliphatic carbocycles. The van der Waals surface area contributed by atoms with Crippen LogP contribution in [0.15, 0.2) is 41.5 Å². The van der Waals surface area contributed by atoms with Crippen LogP contribution in [0.2, 0.25) is 0 Å². The van der Waals surface area contributed by atoms with E-state index < -0.39 is 0 Å². The van der Waals surface area contributed by atoms with Crippen molar-refractivity contribution in [2.45, 2.75) is 40.0 Å². The maximum atomic E-state index is 12.3. The van der Waals surface area contributed by atoms with Gasteiger partial charge in [0.2, 0.25) is 5.91 Å². The average molecular weight is 257 g/mol. The minimum atomic E-state index is 0.179. The van der Waals surface area contributed by atoms with Gasteiger partial charge in [-0.2, -0.15) is 0 Å². The molecule has 0 spiro atoms. The van der Waals surface area contributed by atoms with E-state index in [1.54, 1.807) is 4.90 Å². The van der Waals surface area contributed by atoms with Crippen molar-refractivity contribution in [2.24, 2.45) is 5.41 Å². The average Bonchev–Trinajstić information content (AvgIpc) is 2.66. The molecule has 19 heavy (non-hydrogen) atoms. The van der Waals surface area contributed by atoms with Crippen molar-refractivity contribution < 1.29 is 4.79 Å². The summed E-state index contributed by atoms with van der Waals surface area (Å²) in [7, 11) is 1.85. The second kappa shape index (κ2) is 5.20. The number of para-hydroxylation sites is 1. The highest BCUT2D eigenvalue weighted by molar-refractivity contribution is 5.94. The summed E-state index contributed by atoms with van der Waals surface area (Å²) in [6.45, 7) is 6.71. The standard InChI is InChI=1S/C17H23NO/c1-13-14(10-11-17(13,2)3)12-16(19)18(4)15-8-6-5-7-9-15/h5-9H,10-12H2,1-4H3. The predicted octanol–water partition coefficient (Wildman–Crippen LogP) is 4.18. The van der Waals surface area contributed by atoms with Crippen LogP contribution in [0.4, 0.5) is 5.69 Å². The molecule has 0 radical (unpaired) electrons. The molecule has 0 aromatic heterocycles. The summed E-state index contributed by atoms with van der Waals surface area (Å²) in [5, 5.41) is 0. The van der Waals surface area contributed by atoms with Crippen LogP contribution in [-0.4, -0.2) is 13.0 Å². The molecule has 0 bridgehead atoms. The van der Waals surface area contributed by atoms with E-state index in [9.17, 15) is 4.79 Å². The van der Waals surface area contributed by atoms with E-state index in [2.05, 4.69) is 20.8 Å². The third kappa shape index (κ3) is 2.89. The largest absolute Gasteiger partial charge is 0.315 e. The number of hydrogen-bond donors (Lipinski definition) is 0. The molecule has 1 aromatic rings. The number of allylic oxidation sites excluding steroid dienone is 1. The van der Waals surface area contributed by atoms with Crippen molar-refractivity contribution in [2.75, 3.05) is 11.9 Å². The molecule has 2 heteroatoms.